The van der Waals surface area contributed by atoms with Crippen molar-refractivity contribution in [2.24, 2.45) is 0 Å². The Balaban J connectivity index is 1.96. The highest BCUT2D eigenvalue weighted by molar-refractivity contribution is 7.98. The number of fused-ring (bicyclic) bond motifs is 4. The van der Waals surface area contributed by atoms with Gasteiger partial charge in [-0.25, -0.2) is 19.7 Å². The van der Waals surface area contributed by atoms with Crippen molar-refractivity contribution in [1.29, 1.82) is 0 Å². The Hall–Kier alpha value is -2.29. The molecule has 31 heavy (non-hydrogen) atoms. The van der Waals surface area contributed by atoms with E-state index in [4.69, 9.17) is 14.5 Å². The van der Waals surface area contributed by atoms with E-state index in [1.54, 1.807) is 27.0 Å². The van der Waals surface area contributed by atoms with Gasteiger partial charge in [0, 0.05) is 6.20 Å². The number of rotatable bonds is 3. The van der Waals surface area contributed by atoms with Crippen molar-refractivity contribution in [1.82, 2.24) is 19.4 Å². The van der Waals surface area contributed by atoms with E-state index in [0.29, 0.717) is 34.2 Å². The van der Waals surface area contributed by atoms with E-state index < -0.39 is 23.1 Å². The molecule has 9 heteroatoms. The zero-order valence-corrected chi connectivity index (χ0v) is 19.7. The number of thioether (sulfide) groups is 1. The zero-order chi connectivity index (χ0) is 22.4. The van der Waals surface area contributed by atoms with E-state index in [-0.39, 0.29) is 6.54 Å². The Morgan fingerprint density at radius 3 is 2.58 bits per heavy atom. The summed E-state index contributed by atoms with van der Waals surface area (Å²) in [5, 5.41) is 1.35. The number of carbonyl (C=O) groups is 2. The van der Waals surface area contributed by atoms with Gasteiger partial charge in [-0.1, -0.05) is 31.0 Å². The molecule has 0 bridgehead atoms. The molecule has 8 nitrogen and oxygen atoms in total. The number of carbonyl (C=O) groups excluding carboxylic acids is 2. The first kappa shape index (κ1) is 21.9. The Labute approximate surface area is 186 Å². The number of amides is 2. The maximum Gasteiger partial charge on any atom is 0.417 e. The molecule has 1 spiro atoms. The first-order valence-corrected chi connectivity index (χ1v) is 12.1. The number of aromatic nitrogens is 3. The SMILES string of the molecule is CCOc1c2n(c3nc(SC)ncc13)C1(CCCCC1)CN(C(=O)OC(C)(C)C)C2=O. The molecule has 168 valence electrons. The second-order valence-corrected chi connectivity index (χ2v) is 9.97. The standard InChI is InChI=1S/C22H30N4O4S/c1-6-29-16-14-12-23-19(31-5)24-17(14)26-15(16)18(27)25(20(28)30-21(2,3)4)13-22(26)10-8-7-9-11-22/h12H,6-11,13H2,1-5H3. The maximum absolute atomic E-state index is 13.7. The highest BCUT2D eigenvalue weighted by Crippen LogP contribution is 2.46. The van der Waals surface area contributed by atoms with Crippen molar-refractivity contribution in [2.45, 2.75) is 76.1 Å². The molecule has 2 aromatic rings. The van der Waals surface area contributed by atoms with Crippen molar-refractivity contribution in [3.05, 3.63) is 11.9 Å². The molecule has 2 amide bonds. The fraction of sp³-hybridized carbons (Fsp3) is 0.636. The molecule has 0 saturated heterocycles. The van der Waals surface area contributed by atoms with E-state index in [0.717, 1.165) is 32.1 Å². The van der Waals surface area contributed by atoms with Crippen LogP contribution in [0.5, 0.6) is 5.75 Å². The van der Waals surface area contributed by atoms with E-state index >= 15 is 0 Å². The second-order valence-electron chi connectivity index (χ2n) is 9.20. The average Bonchev–Trinajstić information content (AvgIpc) is 3.05. The first-order chi connectivity index (χ1) is 14.7. The Bertz CT molecular complexity index is 1020. The Morgan fingerprint density at radius 2 is 1.97 bits per heavy atom. The minimum Gasteiger partial charge on any atom is -0.491 e. The van der Waals surface area contributed by atoms with E-state index in [9.17, 15) is 9.59 Å². The Morgan fingerprint density at radius 1 is 1.26 bits per heavy atom. The molecule has 4 rings (SSSR count). The third-order valence-corrected chi connectivity index (χ3v) is 6.45. The molecule has 2 aliphatic rings. The molecule has 1 aliphatic carbocycles. The minimum atomic E-state index is -0.692. The normalized spacial score (nSPS) is 18.4. The summed E-state index contributed by atoms with van der Waals surface area (Å²) in [7, 11) is 0. The first-order valence-electron chi connectivity index (χ1n) is 10.8. The van der Waals surface area contributed by atoms with Crippen LogP contribution in [-0.4, -0.2) is 56.4 Å². The van der Waals surface area contributed by atoms with Crippen molar-refractivity contribution in [2.75, 3.05) is 19.4 Å². The summed E-state index contributed by atoms with van der Waals surface area (Å²) in [5.41, 5.74) is -0.0287. The van der Waals surface area contributed by atoms with Gasteiger partial charge in [-0.3, -0.25) is 4.79 Å². The summed E-state index contributed by atoms with van der Waals surface area (Å²) in [4.78, 5) is 37.2. The molecular weight excluding hydrogens is 416 g/mol. The van der Waals surface area contributed by atoms with Crippen LogP contribution in [0.25, 0.3) is 11.0 Å². The van der Waals surface area contributed by atoms with Gasteiger partial charge >= 0.3 is 6.09 Å². The number of imide groups is 1. The van der Waals surface area contributed by atoms with E-state index in [1.165, 1.54) is 16.7 Å². The van der Waals surface area contributed by atoms with Gasteiger partial charge in [0.25, 0.3) is 5.91 Å². The van der Waals surface area contributed by atoms with Gasteiger partial charge in [0.1, 0.15) is 11.2 Å². The van der Waals surface area contributed by atoms with Gasteiger partial charge in [-0.15, -0.1) is 0 Å². The van der Waals surface area contributed by atoms with Crippen LogP contribution in [0.15, 0.2) is 11.4 Å². The monoisotopic (exact) mass is 446 g/mol. The molecule has 0 aromatic carbocycles. The fourth-order valence-electron chi connectivity index (χ4n) is 4.69. The van der Waals surface area contributed by atoms with Crippen LogP contribution in [0.2, 0.25) is 0 Å². The minimum absolute atomic E-state index is 0.279. The van der Waals surface area contributed by atoms with Crippen molar-refractivity contribution >= 4 is 34.8 Å². The molecule has 0 radical (unpaired) electrons. The topological polar surface area (TPSA) is 86.6 Å². The summed E-state index contributed by atoms with van der Waals surface area (Å²) in [6, 6.07) is 0. The molecule has 1 aliphatic heterocycles. The van der Waals surface area contributed by atoms with Gasteiger partial charge < -0.3 is 14.0 Å². The summed E-state index contributed by atoms with van der Waals surface area (Å²) in [6.07, 6.45) is 7.96. The molecule has 2 aromatic heterocycles. The van der Waals surface area contributed by atoms with Gasteiger partial charge in [0.05, 0.1) is 24.1 Å². The molecule has 0 unspecified atom stereocenters. The third-order valence-electron chi connectivity index (χ3n) is 5.89. The summed E-state index contributed by atoms with van der Waals surface area (Å²) in [5.74, 6) is 0.0472. The number of hydrogen-bond donors (Lipinski definition) is 0. The molecule has 0 atom stereocenters. The van der Waals surface area contributed by atoms with Gasteiger partial charge in [-0.2, -0.15) is 0 Å². The van der Waals surface area contributed by atoms with Crippen LogP contribution in [0.4, 0.5) is 4.79 Å². The van der Waals surface area contributed by atoms with Crippen LogP contribution in [0.3, 0.4) is 0 Å². The van der Waals surface area contributed by atoms with Gasteiger partial charge in [-0.05, 0) is 46.8 Å². The van der Waals surface area contributed by atoms with Crippen LogP contribution in [0.1, 0.15) is 70.3 Å². The maximum atomic E-state index is 13.7. The smallest absolute Gasteiger partial charge is 0.417 e. The van der Waals surface area contributed by atoms with E-state index in [2.05, 4.69) is 9.55 Å². The molecular formula is C22H30N4O4S. The predicted octanol–water partition coefficient (Wildman–Crippen LogP) is 4.60. The number of ether oxygens (including phenoxy) is 2. The number of nitrogens with zero attached hydrogens (tertiary/aromatic N) is 4. The van der Waals surface area contributed by atoms with Crippen LogP contribution in [-0.2, 0) is 10.3 Å². The van der Waals surface area contributed by atoms with Crippen LogP contribution >= 0.6 is 11.8 Å². The summed E-state index contributed by atoms with van der Waals surface area (Å²) >= 11 is 1.46. The second kappa shape index (κ2) is 8.00. The van der Waals surface area contributed by atoms with Crippen molar-refractivity contribution < 1.29 is 19.1 Å². The lowest BCUT2D eigenvalue weighted by molar-refractivity contribution is 0.00726. The molecule has 3 heterocycles. The lowest BCUT2D eigenvalue weighted by atomic mass is 9.79. The highest BCUT2D eigenvalue weighted by Gasteiger charge is 2.49. The Kier molecular flexibility index (Phi) is 5.66. The van der Waals surface area contributed by atoms with Crippen molar-refractivity contribution in [3.8, 4) is 5.75 Å². The van der Waals surface area contributed by atoms with Gasteiger partial charge in [0.15, 0.2) is 16.6 Å². The van der Waals surface area contributed by atoms with Crippen LogP contribution in [0, 0.1) is 0 Å². The summed E-state index contributed by atoms with van der Waals surface area (Å²) in [6.45, 7) is 7.96. The quantitative estimate of drug-likeness (QED) is 0.503. The van der Waals surface area contributed by atoms with Gasteiger partial charge in [0.2, 0.25) is 0 Å². The largest absolute Gasteiger partial charge is 0.491 e. The lowest BCUT2D eigenvalue weighted by Gasteiger charge is -2.46. The zero-order valence-electron chi connectivity index (χ0n) is 18.9. The third kappa shape index (κ3) is 3.77. The highest BCUT2D eigenvalue weighted by atomic mass is 32.2. The lowest BCUT2D eigenvalue weighted by Crippen LogP contribution is -2.57. The predicted molar refractivity (Wildman–Crippen MR) is 119 cm³/mol. The molecule has 0 N–H and O–H groups in total. The summed E-state index contributed by atoms with van der Waals surface area (Å²) < 4.78 is 13.6. The molecule has 1 fully saturated rings. The van der Waals surface area contributed by atoms with E-state index in [1.807, 2.05) is 13.2 Å². The van der Waals surface area contributed by atoms with Crippen LogP contribution < -0.4 is 4.74 Å². The fourth-order valence-corrected chi connectivity index (χ4v) is 5.02. The van der Waals surface area contributed by atoms with Crippen molar-refractivity contribution in [3.63, 3.8) is 0 Å². The number of hydrogen-bond acceptors (Lipinski definition) is 7. The average molecular weight is 447 g/mol. The molecule has 1 saturated carbocycles.